The van der Waals surface area contributed by atoms with Gasteiger partial charge in [-0.1, -0.05) is 52.4 Å². The minimum Gasteiger partial charge on any atom is -0.398 e. The number of quaternary nitrogens is 1. The monoisotopic (exact) mass is 765 g/mol. The molecule has 0 aliphatic carbocycles. The van der Waals surface area contributed by atoms with Gasteiger partial charge in [-0.2, -0.15) is 0 Å². The number of rotatable bonds is 31. The van der Waals surface area contributed by atoms with Crippen molar-refractivity contribution >= 4 is 23.6 Å². The molecule has 1 unspecified atom stereocenters. The van der Waals surface area contributed by atoms with Crippen molar-refractivity contribution in [3.63, 3.8) is 0 Å². The predicted octanol–water partition coefficient (Wildman–Crippen LogP) is -4.10. The molecule has 10 atom stereocenters. The van der Waals surface area contributed by atoms with Crippen LogP contribution in [-0.4, -0.2) is 129 Å². The van der Waals surface area contributed by atoms with Crippen LogP contribution in [0.1, 0.15) is 105 Å². The van der Waals surface area contributed by atoms with E-state index in [4.69, 9.17) is 11.5 Å². The van der Waals surface area contributed by atoms with E-state index in [1.54, 1.807) is 6.92 Å². The standard InChI is InChI=1S/C34H69N9O10/c1-5-7-9-10-11-13-28(48)38-18-29(49)39-26(19-44)33(52)41-24(14-15-27(37)47)31(50)42-25(16-22(36)17-35)32(51)43-30(21(4)46)34(53)40-23(20(3)45)12-8-6-2/h17,20-21,23-26,29-31,34,39-40,42,44-46,49-50,53H,5-16,18-19,35-36H2,1-4H3,(H2,37,47)(H,38,48)(H,41,52)(H,43,51)/p+1/b22-17-/t20-,21?,23+,24-,25+,26+,29+,30+,31+,34+/m1/s1. The number of unbranched alkanes of at least 4 members (excludes halogenated alkanes) is 5. The van der Waals surface area contributed by atoms with Crippen LogP contribution in [0.25, 0.3) is 0 Å². The topological polar surface area (TPSA) is 342 Å². The van der Waals surface area contributed by atoms with Gasteiger partial charge in [-0.15, -0.1) is 0 Å². The fraction of sp³-hybridized carbons (Fsp3) is 0.824. The van der Waals surface area contributed by atoms with Crippen molar-refractivity contribution in [1.82, 2.24) is 31.9 Å². The molecule has 0 bridgehead atoms. The fourth-order valence-corrected chi connectivity index (χ4v) is 5.39. The first-order chi connectivity index (χ1) is 25.0. The lowest BCUT2D eigenvalue weighted by Crippen LogP contribution is -2.63. The first-order valence-electron chi connectivity index (χ1n) is 18.7. The number of aliphatic hydroxyl groups is 6. The Hall–Kier alpha value is -2.98. The molecule has 53 heavy (non-hydrogen) atoms. The van der Waals surface area contributed by atoms with Gasteiger partial charge in [0.2, 0.25) is 23.6 Å². The smallest absolute Gasteiger partial charge is 0.239 e. The molecule has 310 valence electrons. The Morgan fingerprint density at radius 2 is 1.34 bits per heavy atom. The Bertz CT molecular complexity index is 1090. The van der Waals surface area contributed by atoms with Crippen molar-refractivity contribution < 1.29 is 55.6 Å². The van der Waals surface area contributed by atoms with Gasteiger partial charge < -0.3 is 63.8 Å². The molecule has 0 heterocycles. The third-order valence-electron chi connectivity index (χ3n) is 8.70. The highest BCUT2D eigenvalue weighted by molar-refractivity contribution is 5.83. The number of amides is 4. The van der Waals surface area contributed by atoms with Crippen molar-refractivity contribution in [2.75, 3.05) is 13.2 Å². The third kappa shape index (κ3) is 22.1. The summed E-state index contributed by atoms with van der Waals surface area (Å²) in [5.41, 5.74) is 15.0. The van der Waals surface area contributed by atoms with Crippen LogP contribution < -0.4 is 49.1 Å². The van der Waals surface area contributed by atoms with Gasteiger partial charge >= 0.3 is 0 Å². The maximum absolute atomic E-state index is 13.6. The molecule has 4 amide bonds. The number of hydrogen-bond acceptors (Lipinski definition) is 14. The van der Waals surface area contributed by atoms with Crippen LogP contribution >= 0.6 is 0 Å². The Kier molecular flexibility index (Phi) is 26.9. The summed E-state index contributed by atoms with van der Waals surface area (Å²) >= 11 is 0. The molecule has 0 aliphatic rings. The third-order valence-corrected chi connectivity index (χ3v) is 8.70. The van der Waals surface area contributed by atoms with E-state index in [0.717, 1.165) is 38.5 Å². The summed E-state index contributed by atoms with van der Waals surface area (Å²) in [6.45, 7) is 5.92. The van der Waals surface area contributed by atoms with Gasteiger partial charge in [0.25, 0.3) is 0 Å². The molecule has 0 fully saturated rings. The highest BCUT2D eigenvalue weighted by Crippen LogP contribution is 2.11. The zero-order chi connectivity index (χ0) is 40.5. The van der Waals surface area contributed by atoms with Crippen LogP contribution in [0.15, 0.2) is 11.9 Å². The second kappa shape index (κ2) is 28.5. The van der Waals surface area contributed by atoms with Crippen LogP contribution in [0.4, 0.5) is 0 Å². The Labute approximate surface area is 313 Å². The van der Waals surface area contributed by atoms with Crippen molar-refractivity contribution in [2.45, 2.75) is 166 Å². The molecule has 0 spiro atoms. The van der Waals surface area contributed by atoms with E-state index < -0.39 is 85.4 Å². The number of carbonyl (C=O) groups excluding carboxylic acids is 4. The van der Waals surface area contributed by atoms with Gasteiger partial charge in [0.15, 0.2) is 0 Å². The van der Waals surface area contributed by atoms with Crippen molar-refractivity contribution in [1.29, 1.82) is 0 Å². The minimum absolute atomic E-state index is 0.130. The van der Waals surface area contributed by atoms with Gasteiger partial charge in [0.05, 0.1) is 49.2 Å². The van der Waals surface area contributed by atoms with E-state index in [9.17, 15) is 49.8 Å². The molecule has 19 heteroatoms. The summed E-state index contributed by atoms with van der Waals surface area (Å²) in [6, 6.07) is -5.84. The lowest BCUT2D eigenvalue weighted by atomic mass is 10.0. The van der Waals surface area contributed by atoms with Gasteiger partial charge in [-0.3, -0.25) is 35.1 Å². The summed E-state index contributed by atoms with van der Waals surface area (Å²) in [5, 5.41) is 78.8. The molecule has 0 rings (SSSR count). The zero-order valence-electron chi connectivity index (χ0n) is 31.9. The average Bonchev–Trinajstić information content (AvgIpc) is 3.10. The summed E-state index contributed by atoms with van der Waals surface area (Å²) in [7, 11) is 0. The molecule has 0 saturated heterocycles. The van der Waals surface area contributed by atoms with E-state index in [2.05, 4.69) is 44.6 Å². The Balaban J connectivity index is 5.81. The van der Waals surface area contributed by atoms with Crippen molar-refractivity contribution in [3.05, 3.63) is 11.9 Å². The van der Waals surface area contributed by atoms with E-state index >= 15 is 0 Å². The largest absolute Gasteiger partial charge is 0.398 e. The zero-order valence-corrected chi connectivity index (χ0v) is 31.9. The molecule has 19 N–H and O–H groups in total. The molecule has 0 aliphatic heterocycles. The van der Waals surface area contributed by atoms with Crippen LogP contribution in [0.3, 0.4) is 0 Å². The van der Waals surface area contributed by atoms with Gasteiger partial charge in [-0.25, -0.2) is 0 Å². The van der Waals surface area contributed by atoms with E-state index in [1.165, 1.54) is 13.1 Å². The van der Waals surface area contributed by atoms with Crippen LogP contribution in [0.5, 0.6) is 0 Å². The highest BCUT2D eigenvalue weighted by Gasteiger charge is 2.34. The van der Waals surface area contributed by atoms with Gasteiger partial charge in [-0.05, 0) is 33.1 Å². The summed E-state index contributed by atoms with van der Waals surface area (Å²) in [6.07, 6.45) is 0.973. The normalized spacial score (nSPS) is 17.7. The maximum atomic E-state index is 13.6. The van der Waals surface area contributed by atoms with Gasteiger partial charge in [0.1, 0.15) is 30.9 Å². The summed E-state index contributed by atoms with van der Waals surface area (Å²) in [4.78, 5) is 50.6. The van der Waals surface area contributed by atoms with E-state index in [1.807, 2.05) is 6.92 Å². The molecular weight excluding hydrogens is 694 g/mol. The second-order valence-corrected chi connectivity index (χ2v) is 13.5. The van der Waals surface area contributed by atoms with Crippen LogP contribution in [0, 0.1) is 0 Å². The quantitative estimate of drug-likeness (QED) is 0.0236. The number of carbonyl (C=O) groups is 4. The first kappa shape index (κ1) is 50.0. The number of nitrogens with two attached hydrogens (primary N) is 2. The van der Waals surface area contributed by atoms with Crippen molar-refractivity contribution in [3.8, 4) is 0 Å². The molecule has 0 saturated carbocycles. The maximum Gasteiger partial charge on any atom is 0.239 e. The lowest BCUT2D eigenvalue weighted by molar-refractivity contribution is -0.276. The fourth-order valence-electron chi connectivity index (χ4n) is 5.39. The Morgan fingerprint density at radius 3 is 1.89 bits per heavy atom. The van der Waals surface area contributed by atoms with Crippen molar-refractivity contribution in [2.24, 2.45) is 11.5 Å². The molecule has 0 aromatic heterocycles. The predicted molar refractivity (Wildman–Crippen MR) is 197 cm³/mol. The Morgan fingerprint density at radius 1 is 0.717 bits per heavy atom. The second-order valence-electron chi connectivity index (χ2n) is 13.5. The molecule has 19 nitrogen and oxygen atoms in total. The van der Waals surface area contributed by atoms with Crippen LogP contribution in [-0.2, 0) is 19.2 Å². The molecule has 0 aromatic rings. The lowest BCUT2D eigenvalue weighted by Gasteiger charge is -2.34. The average molecular weight is 765 g/mol. The van der Waals surface area contributed by atoms with Gasteiger partial charge in [0, 0.05) is 25.3 Å². The van der Waals surface area contributed by atoms with E-state index in [-0.39, 0.29) is 43.8 Å². The number of hydrogen-bond donors (Lipinski definition) is 15. The summed E-state index contributed by atoms with van der Waals surface area (Å²) in [5.74, 6) is -2.73. The molecular formula is C34H70N9O10+. The summed E-state index contributed by atoms with van der Waals surface area (Å²) < 4.78 is 0. The SMILES string of the molecule is CCCCCCCC(=O)NC[C@H](O)N[C@@H](CO)C(=O)N[C@H](CCC(N)=O)[C@H](O)N[C@@H](C/C(N)=C/[NH3+])C(=O)N[C@@H](C(C)O)[C@H](O)N[C@@H](CCCC)[C@@H](C)O. The number of primary amides is 1. The van der Waals surface area contributed by atoms with Crippen LogP contribution in [0.2, 0.25) is 0 Å². The molecule has 0 aromatic carbocycles. The first-order valence-corrected chi connectivity index (χ1v) is 18.7. The number of nitrogens with one attached hydrogen (secondary N) is 6. The molecule has 0 radical (unpaired) electrons. The van der Waals surface area contributed by atoms with E-state index in [0.29, 0.717) is 12.8 Å². The minimum atomic E-state index is -1.73. The number of aliphatic hydroxyl groups excluding tert-OH is 6. The highest BCUT2D eigenvalue weighted by atomic mass is 16.3.